The number of aromatic nitrogens is 1. The SMILES string of the molecule is O=S1(=O)CCC(NCc2cc3ccccc3nc2N2CCCCC2)C1. The van der Waals surface area contributed by atoms with E-state index in [4.69, 9.17) is 4.98 Å². The number of sulfone groups is 1. The topological polar surface area (TPSA) is 62.3 Å². The van der Waals surface area contributed by atoms with Crippen molar-refractivity contribution in [3.05, 3.63) is 35.9 Å². The van der Waals surface area contributed by atoms with Crippen LogP contribution in [0.15, 0.2) is 30.3 Å². The lowest BCUT2D eigenvalue weighted by atomic mass is 10.1. The van der Waals surface area contributed by atoms with Gasteiger partial charge in [-0.25, -0.2) is 13.4 Å². The first kappa shape index (κ1) is 16.8. The smallest absolute Gasteiger partial charge is 0.151 e. The Hall–Kier alpha value is -1.66. The summed E-state index contributed by atoms with van der Waals surface area (Å²) in [5, 5.41) is 4.59. The molecule has 1 N–H and O–H groups in total. The molecular formula is C19H25N3O2S. The van der Waals surface area contributed by atoms with Gasteiger partial charge in [-0.05, 0) is 37.8 Å². The summed E-state index contributed by atoms with van der Waals surface area (Å²) in [6.45, 7) is 2.77. The Kier molecular flexibility index (Phi) is 4.65. The summed E-state index contributed by atoms with van der Waals surface area (Å²) in [7, 11) is -2.85. The zero-order chi connectivity index (χ0) is 17.3. The molecule has 1 unspecified atom stereocenters. The van der Waals surface area contributed by atoms with E-state index in [1.165, 1.54) is 24.8 Å². The van der Waals surface area contributed by atoms with Crippen LogP contribution in [0.5, 0.6) is 0 Å². The number of benzene rings is 1. The fraction of sp³-hybridized carbons (Fsp3) is 0.526. The number of hydrogen-bond donors (Lipinski definition) is 1. The molecule has 1 aromatic heterocycles. The average molecular weight is 359 g/mol. The molecule has 1 atom stereocenters. The normalized spacial score (nSPS) is 23.2. The Morgan fingerprint density at radius 1 is 1.16 bits per heavy atom. The number of pyridine rings is 1. The van der Waals surface area contributed by atoms with Crippen molar-refractivity contribution in [1.82, 2.24) is 10.3 Å². The Balaban J connectivity index is 1.61. The molecule has 1 aromatic carbocycles. The van der Waals surface area contributed by atoms with E-state index in [0.29, 0.717) is 18.7 Å². The molecule has 2 aliphatic heterocycles. The highest BCUT2D eigenvalue weighted by Crippen LogP contribution is 2.26. The minimum Gasteiger partial charge on any atom is -0.356 e. The fourth-order valence-corrected chi connectivity index (χ4v) is 5.58. The van der Waals surface area contributed by atoms with Gasteiger partial charge in [-0.3, -0.25) is 0 Å². The van der Waals surface area contributed by atoms with Gasteiger partial charge in [0.2, 0.25) is 0 Å². The maximum atomic E-state index is 11.7. The van der Waals surface area contributed by atoms with Gasteiger partial charge in [0.1, 0.15) is 5.82 Å². The molecule has 0 saturated carbocycles. The molecule has 0 bridgehead atoms. The molecule has 0 aliphatic carbocycles. The Labute approximate surface area is 149 Å². The molecule has 0 amide bonds. The molecule has 3 heterocycles. The minimum absolute atomic E-state index is 0.0608. The molecule has 2 aromatic rings. The molecule has 4 rings (SSSR count). The highest BCUT2D eigenvalue weighted by molar-refractivity contribution is 7.91. The zero-order valence-electron chi connectivity index (χ0n) is 14.4. The Morgan fingerprint density at radius 3 is 2.72 bits per heavy atom. The van der Waals surface area contributed by atoms with Crippen molar-refractivity contribution in [2.24, 2.45) is 0 Å². The van der Waals surface area contributed by atoms with Gasteiger partial charge in [0.25, 0.3) is 0 Å². The van der Waals surface area contributed by atoms with E-state index in [1.807, 2.05) is 12.1 Å². The monoisotopic (exact) mass is 359 g/mol. The third-order valence-corrected chi connectivity index (χ3v) is 7.02. The van der Waals surface area contributed by atoms with E-state index in [0.717, 1.165) is 29.8 Å². The van der Waals surface area contributed by atoms with Crippen LogP contribution >= 0.6 is 0 Å². The van der Waals surface area contributed by atoms with Crippen LogP contribution in [-0.2, 0) is 16.4 Å². The number of hydrogen-bond acceptors (Lipinski definition) is 5. The Morgan fingerprint density at radius 2 is 1.96 bits per heavy atom. The lowest BCUT2D eigenvalue weighted by Crippen LogP contribution is -2.33. The van der Waals surface area contributed by atoms with Crippen molar-refractivity contribution in [3.63, 3.8) is 0 Å². The van der Waals surface area contributed by atoms with Gasteiger partial charge in [0, 0.05) is 36.6 Å². The number of anilines is 1. The number of fused-ring (bicyclic) bond motifs is 1. The fourth-order valence-electron chi connectivity index (χ4n) is 3.87. The first-order chi connectivity index (χ1) is 12.1. The van der Waals surface area contributed by atoms with Crippen LogP contribution in [-0.4, -0.2) is 44.0 Å². The zero-order valence-corrected chi connectivity index (χ0v) is 15.3. The second kappa shape index (κ2) is 6.92. The van der Waals surface area contributed by atoms with E-state index in [1.54, 1.807) is 0 Å². The molecule has 2 saturated heterocycles. The quantitative estimate of drug-likeness (QED) is 0.909. The van der Waals surface area contributed by atoms with E-state index >= 15 is 0 Å². The van der Waals surface area contributed by atoms with Crippen LogP contribution in [0.2, 0.25) is 0 Å². The lowest BCUT2D eigenvalue weighted by Gasteiger charge is -2.30. The number of rotatable bonds is 4. The predicted octanol–water partition coefficient (Wildman–Crippen LogP) is 2.50. The summed E-state index contributed by atoms with van der Waals surface area (Å²) in [4.78, 5) is 7.33. The van der Waals surface area contributed by atoms with Gasteiger partial charge in [-0.2, -0.15) is 0 Å². The first-order valence-electron chi connectivity index (χ1n) is 9.18. The molecule has 0 radical (unpaired) electrons. The minimum atomic E-state index is -2.85. The van der Waals surface area contributed by atoms with E-state index in [2.05, 4.69) is 28.4 Å². The van der Waals surface area contributed by atoms with Gasteiger partial charge < -0.3 is 10.2 Å². The molecule has 6 heteroatoms. The van der Waals surface area contributed by atoms with E-state index in [9.17, 15) is 8.42 Å². The van der Waals surface area contributed by atoms with Gasteiger partial charge in [-0.15, -0.1) is 0 Å². The summed E-state index contributed by atoms with van der Waals surface area (Å²) in [5.41, 5.74) is 2.19. The standard InChI is InChI=1S/C19H25N3O2S/c23-25(24)11-8-17(14-25)20-13-16-12-15-6-2-3-7-18(15)21-19(16)22-9-4-1-5-10-22/h2-3,6-7,12,17,20H,1,4-5,8-11,13-14H2. The van der Waals surface area contributed by atoms with Gasteiger partial charge >= 0.3 is 0 Å². The molecule has 25 heavy (non-hydrogen) atoms. The first-order valence-corrected chi connectivity index (χ1v) is 11.0. The predicted molar refractivity (Wildman–Crippen MR) is 102 cm³/mol. The van der Waals surface area contributed by atoms with Crippen LogP contribution in [0.25, 0.3) is 10.9 Å². The van der Waals surface area contributed by atoms with Crippen molar-refractivity contribution in [2.45, 2.75) is 38.3 Å². The lowest BCUT2D eigenvalue weighted by molar-refractivity contribution is 0.546. The second-order valence-corrected chi connectivity index (χ2v) is 9.42. The highest BCUT2D eigenvalue weighted by atomic mass is 32.2. The van der Waals surface area contributed by atoms with Crippen molar-refractivity contribution in [3.8, 4) is 0 Å². The summed E-state index contributed by atoms with van der Waals surface area (Å²) in [6, 6.07) is 10.5. The van der Waals surface area contributed by atoms with E-state index < -0.39 is 9.84 Å². The third kappa shape index (κ3) is 3.80. The average Bonchev–Trinajstić information content (AvgIpc) is 2.99. The van der Waals surface area contributed by atoms with Crippen molar-refractivity contribution < 1.29 is 8.42 Å². The number of nitrogens with zero attached hydrogens (tertiary/aromatic N) is 2. The molecular weight excluding hydrogens is 334 g/mol. The van der Waals surface area contributed by atoms with Crippen LogP contribution in [0.3, 0.4) is 0 Å². The summed E-state index contributed by atoms with van der Waals surface area (Å²) < 4.78 is 23.4. The number of para-hydroxylation sites is 1. The summed E-state index contributed by atoms with van der Waals surface area (Å²) in [5.74, 6) is 1.62. The highest BCUT2D eigenvalue weighted by Gasteiger charge is 2.27. The second-order valence-electron chi connectivity index (χ2n) is 7.19. The van der Waals surface area contributed by atoms with Crippen LogP contribution in [0.4, 0.5) is 5.82 Å². The molecule has 2 aliphatic rings. The maximum Gasteiger partial charge on any atom is 0.151 e. The van der Waals surface area contributed by atoms with Crippen LogP contribution in [0, 0.1) is 0 Å². The van der Waals surface area contributed by atoms with Crippen LogP contribution < -0.4 is 10.2 Å². The van der Waals surface area contributed by atoms with Gasteiger partial charge in [0.15, 0.2) is 9.84 Å². The van der Waals surface area contributed by atoms with Gasteiger partial charge in [0.05, 0.1) is 17.0 Å². The van der Waals surface area contributed by atoms with Crippen molar-refractivity contribution in [1.29, 1.82) is 0 Å². The largest absolute Gasteiger partial charge is 0.356 e. The van der Waals surface area contributed by atoms with Crippen LogP contribution in [0.1, 0.15) is 31.2 Å². The molecule has 2 fully saturated rings. The summed E-state index contributed by atoms with van der Waals surface area (Å²) in [6.07, 6.45) is 4.42. The number of nitrogens with one attached hydrogen (secondary N) is 1. The molecule has 0 spiro atoms. The third-order valence-electron chi connectivity index (χ3n) is 5.25. The molecule has 5 nitrogen and oxygen atoms in total. The number of piperidine rings is 1. The van der Waals surface area contributed by atoms with E-state index in [-0.39, 0.29) is 11.8 Å². The van der Waals surface area contributed by atoms with Gasteiger partial charge in [-0.1, -0.05) is 18.2 Å². The van der Waals surface area contributed by atoms with Crippen molar-refractivity contribution >= 4 is 26.6 Å². The molecule has 134 valence electrons. The summed E-state index contributed by atoms with van der Waals surface area (Å²) >= 11 is 0. The maximum absolute atomic E-state index is 11.7. The Bertz CT molecular complexity index is 860. The van der Waals surface area contributed by atoms with Crippen molar-refractivity contribution in [2.75, 3.05) is 29.5 Å².